The smallest absolute Gasteiger partial charge is 0.231 e. The quantitative estimate of drug-likeness (QED) is 0.279. The van der Waals surface area contributed by atoms with Crippen molar-refractivity contribution in [1.29, 1.82) is 0 Å². The predicted molar refractivity (Wildman–Crippen MR) is 144 cm³/mol. The standard InChI is InChI=1S/C27H38FN5O3Si/c1-37(2,3)16-15-35-19-33-18-24(28)30-26(33)20-6-8-21(9-7-20)36-27-22-5-4-10-29-23(22)17-25(31-27)32-11-13-34-14-12-32/h4-5,10,17-18,20-21H,6-9,11-16,19H2,1-3H3/t20-,21+. The van der Waals surface area contributed by atoms with E-state index in [1.165, 1.54) is 6.20 Å². The van der Waals surface area contributed by atoms with E-state index in [-0.39, 0.29) is 12.0 Å². The average Bonchev–Trinajstić information content (AvgIpc) is 3.27. The molecule has 37 heavy (non-hydrogen) atoms. The van der Waals surface area contributed by atoms with Gasteiger partial charge in [0.05, 0.1) is 30.3 Å². The third-order valence-electron chi connectivity index (χ3n) is 7.21. The van der Waals surface area contributed by atoms with Gasteiger partial charge in [-0.3, -0.25) is 4.98 Å². The van der Waals surface area contributed by atoms with E-state index in [9.17, 15) is 4.39 Å². The Morgan fingerprint density at radius 2 is 1.89 bits per heavy atom. The van der Waals surface area contributed by atoms with Crippen LogP contribution in [0, 0.1) is 5.95 Å². The Kier molecular flexibility index (Phi) is 8.06. The summed E-state index contributed by atoms with van der Waals surface area (Å²) < 4.78 is 33.8. The maximum atomic E-state index is 14.1. The number of morpholine rings is 1. The van der Waals surface area contributed by atoms with Crippen LogP contribution in [0.3, 0.4) is 0 Å². The van der Waals surface area contributed by atoms with Crippen molar-refractivity contribution in [3.8, 4) is 5.88 Å². The van der Waals surface area contributed by atoms with E-state index in [4.69, 9.17) is 19.2 Å². The van der Waals surface area contributed by atoms with E-state index >= 15 is 0 Å². The number of hydrogen-bond donors (Lipinski definition) is 0. The van der Waals surface area contributed by atoms with Gasteiger partial charge in [-0.2, -0.15) is 9.37 Å². The average molecular weight is 528 g/mol. The number of fused-ring (bicyclic) bond motifs is 1. The maximum Gasteiger partial charge on any atom is 0.231 e. The first kappa shape index (κ1) is 26.1. The molecule has 1 saturated heterocycles. The van der Waals surface area contributed by atoms with Crippen LogP contribution >= 0.6 is 0 Å². The van der Waals surface area contributed by atoms with Gasteiger partial charge in [-0.05, 0) is 43.9 Å². The minimum Gasteiger partial charge on any atom is -0.474 e. The summed E-state index contributed by atoms with van der Waals surface area (Å²) in [5.74, 6) is 2.05. The molecule has 0 spiro atoms. The minimum absolute atomic E-state index is 0.0494. The van der Waals surface area contributed by atoms with Crippen LogP contribution in [-0.2, 0) is 16.2 Å². The molecular formula is C27H38FN5O3Si. The van der Waals surface area contributed by atoms with Crippen molar-refractivity contribution in [3.63, 3.8) is 0 Å². The summed E-state index contributed by atoms with van der Waals surface area (Å²) in [4.78, 5) is 15.9. The van der Waals surface area contributed by atoms with Crippen LogP contribution in [0.25, 0.3) is 10.9 Å². The van der Waals surface area contributed by atoms with Crippen molar-refractivity contribution in [3.05, 3.63) is 42.4 Å². The van der Waals surface area contributed by atoms with Gasteiger partial charge in [-0.15, -0.1) is 0 Å². The van der Waals surface area contributed by atoms with Crippen LogP contribution in [-0.4, -0.2) is 66.6 Å². The van der Waals surface area contributed by atoms with Crippen molar-refractivity contribution in [1.82, 2.24) is 19.5 Å². The molecule has 3 aromatic heterocycles. The molecule has 10 heteroatoms. The molecule has 0 atom stereocenters. The lowest BCUT2D eigenvalue weighted by molar-refractivity contribution is 0.0818. The molecule has 0 aromatic carbocycles. The van der Waals surface area contributed by atoms with Crippen LogP contribution in [0.5, 0.6) is 5.88 Å². The summed E-state index contributed by atoms with van der Waals surface area (Å²) in [7, 11) is -1.16. The van der Waals surface area contributed by atoms with E-state index in [0.29, 0.717) is 32.4 Å². The first-order chi connectivity index (χ1) is 17.9. The number of nitrogens with zero attached hydrogens (tertiary/aromatic N) is 5. The summed E-state index contributed by atoms with van der Waals surface area (Å²) >= 11 is 0. The van der Waals surface area contributed by atoms with Crippen LogP contribution < -0.4 is 9.64 Å². The van der Waals surface area contributed by atoms with Gasteiger partial charge >= 0.3 is 0 Å². The first-order valence-electron chi connectivity index (χ1n) is 13.4. The normalized spacial score (nSPS) is 20.9. The summed E-state index contributed by atoms with van der Waals surface area (Å²) in [5, 5.41) is 0.926. The van der Waals surface area contributed by atoms with E-state index in [1.807, 2.05) is 22.8 Å². The number of aromatic nitrogens is 4. The van der Waals surface area contributed by atoms with Crippen LogP contribution in [0.2, 0.25) is 25.7 Å². The molecule has 0 N–H and O–H groups in total. The molecule has 8 nitrogen and oxygen atoms in total. The number of ether oxygens (including phenoxy) is 3. The Balaban J connectivity index is 1.23. The highest BCUT2D eigenvalue weighted by molar-refractivity contribution is 6.76. The monoisotopic (exact) mass is 527 g/mol. The maximum absolute atomic E-state index is 14.1. The molecule has 0 radical (unpaired) electrons. The molecule has 3 aromatic rings. The lowest BCUT2D eigenvalue weighted by atomic mass is 9.86. The molecule has 2 fully saturated rings. The molecule has 5 rings (SSSR count). The van der Waals surface area contributed by atoms with Crippen molar-refractivity contribution in [2.45, 2.75) is 70.1 Å². The second-order valence-corrected chi connectivity index (χ2v) is 16.9. The van der Waals surface area contributed by atoms with Gasteiger partial charge in [-0.1, -0.05) is 19.6 Å². The lowest BCUT2D eigenvalue weighted by Crippen LogP contribution is -2.36. The molecule has 0 amide bonds. The topological polar surface area (TPSA) is 74.5 Å². The van der Waals surface area contributed by atoms with Gasteiger partial charge in [0.1, 0.15) is 24.5 Å². The molecule has 4 heterocycles. The van der Waals surface area contributed by atoms with Gasteiger partial charge in [0.2, 0.25) is 11.8 Å². The van der Waals surface area contributed by atoms with E-state index in [2.05, 4.69) is 34.5 Å². The van der Waals surface area contributed by atoms with Gasteiger partial charge in [0, 0.05) is 46.0 Å². The van der Waals surface area contributed by atoms with Gasteiger partial charge in [0.15, 0.2) is 0 Å². The Hall–Kier alpha value is -2.56. The summed E-state index contributed by atoms with van der Waals surface area (Å²) in [6.07, 6.45) is 6.81. The summed E-state index contributed by atoms with van der Waals surface area (Å²) in [6.45, 7) is 11.0. The third kappa shape index (κ3) is 6.66. The van der Waals surface area contributed by atoms with Gasteiger partial charge < -0.3 is 23.7 Å². The Labute approximate surface area is 219 Å². The highest BCUT2D eigenvalue weighted by atomic mass is 28.3. The SMILES string of the molecule is C[Si](C)(C)CCOCn1cc(F)nc1[C@H]1CC[C@@H](Oc2nc(N3CCOCC3)cc3ncccc23)CC1. The highest BCUT2D eigenvalue weighted by Gasteiger charge is 2.28. The number of halogens is 1. The second kappa shape index (κ2) is 11.4. The fraction of sp³-hybridized carbons (Fsp3) is 0.593. The Morgan fingerprint density at radius 1 is 1.11 bits per heavy atom. The number of imidazole rings is 1. The Bertz CT molecular complexity index is 1190. The van der Waals surface area contributed by atoms with E-state index in [0.717, 1.165) is 67.4 Å². The van der Waals surface area contributed by atoms with Gasteiger partial charge in [0.25, 0.3) is 0 Å². The van der Waals surface area contributed by atoms with Crippen molar-refractivity contribution in [2.75, 3.05) is 37.8 Å². The van der Waals surface area contributed by atoms with Crippen molar-refractivity contribution in [2.24, 2.45) is 0 Å². The molecule has 2 aliphatic rings. The Morgan fingerprint density at radius 3 is 2.65 bits per heavy atom. The molecule has 0 unspecified atom stereocenters. The van der Waals surface area contributed by atoms with Crippen LogP contribution in [0.15, 0.2) is 30.6 Å². The predicted octanol–water partition coefficient (Wildman–Crippen LogP) is 5.22. The van der Waals surface area contributed by atoms with Gasteiger partial charge in [-0.25, -0.2) is 4.98 Å². The zero-order valence-electron chi connectivity index (χ0n) is 22.2. The van der Waals surface area contributed by atoms with Crippen LogP contribution in [0.4, 0.5) is 10.2 Å². The molecule has 1 saturated carbocycles. The molecule has 1 aliphatic carbocycles. The van der Waals surface area contributed by atoms with Crippen molar-refractivity contribution >= 4 is 24.8 Å². The zero-order chi connectivity index (χ0) is 25.8. The number of pyridine rings is 2. The minimum atomic E-state index is -1.16. The number of rotatable bonds is 9. The highest BCUT2D eigenvalue weighted by Crippen LogP contribution is 2.36. The zero-order valence-corrected chi connectivity index (χ0v) is 23.2. The first-order valence-corrected chi connectivity index (χ1v) is 17.1. The van der Waals surface area contributed by atoms with E-state index in [1.54, 1.807) is 6.20 Å². The summed E-state index contributed by atoms with van der Waals surface area (Å²) in [6, 6.07) is 7.06. The molecule has 0 bridgehead atoms. The fourth-order valence-electron chi connectivity index (χ4n) is 5.04. The van der Waals surface area contributed by atoms with E-state index < -0.39 is 14.0 Å². The number of anilines is 1. The molecular weight excluding hydrogens is 489 g/mol. The second-order valence-electron chi connectivity index (χ2n) is 11.3. The van der Waals surface area contributed by atoms with Crippen molar-refractivity contribution < 1.29 is 18.6 Å². The lowest BCUT2D eigenvalue weighted by Gasteiger charge is -2.30. The fourth-order valence-corrected chi connectivity index (χ4v) is 5.80. The third-order valence-corrected chi connectivity index (χ3v) is 8.91. The molecule has 200 valence electrons. The van der Waals surface area contributed by atoms with Crippen LogP contribution in [0.1, 0.15) is 37.4 Å². The number of hydrogen-bond acceptors (Lipinski definition) is 7. The summed E-state index contributed by atoms with van der Waals surface area (Å²) in [5.41, 5.74) is 0.884. The largest absolute Gasteiger partial charge is 0.474 e. The molecule has 1 aliphatic heterocycles.